The van der Waals surface area contributed by atoms with Gasteiger partial charge in [-0.1, -0.05) is 6.07 Å². The Kier molecular flexibility index (Phi) is 2.34. The van der Waals surface area contributed by atoms with Crippen LogP contribution < -0.4 is 4.90 Å². The van der Waals surface area contributed by atoms with Gasteiger partial charge in [0.2, 0.25) is 0 Å². The molecule has 86 valence electrons. The summed E-state index contributed by atoms with van der Waals surface area (Å²) in [5, 5.41) is 0. The van der Waals surface area contributed by atoms with Gasteiger partial charge in [-0.3, -0.25) is 0 Å². The molecule has 2 aliphatic rings. The van der Waals surface area contributed by atoms with Crippen LogP contribution in [-0.2, 0) is 0 Å². The molecule has 2 atom stereocenters. The zero-order chi connectivity index (χ0) is 11.1. The Balaban J connectivity index is 2.03. The summed E-state index contributed by atoms with van der Waals surface area (Å²) in [6, 6.07) is 4.84. The summed E-state index contributed by atoms with van der Waals surface area (Å²) in [6.07, 6.45) is 5.51. The van der Waals surface area contributed by atoms with Crippen LogP contribution in [-0.4, -0.2) is 12.1 Å². The number of hydrogen-bond donors (Lipinski definition) is 0. The van der Waals surface area contributed by atoms with Crippen LogP contribution in [0, 0.1) is 11.6 Å². The summed E-state index contributed by atoms with van der Waals surface area (Å²) >= 11 is 0. The highest BCUT2D eigenvalue weighted by Gasteiger charge is 2.38. The normalized spacial score (nSPS) is 28.5. The van der Waals surface area contributed by atoms with Crippen molar-refractivity contribution in [2.45, 2.75) is 44.2 Å². The van der Waals surface area contributed by atoms with Crippen LogP contribution in [0.2, 0.25) is 0 Å². The highest BCUT2D eigenvalue weighted by Crippen LogP contribution is 2.41. The lowest BCUT2D eigenvalue weighted by atomic mass is 10.0. The van der Waals surface area contributed by atoms with Gasteiger partial charge in [-0.05, 0) is 44.2 Å². The maximum absolute atomic E-state index is 13.7. The van der Waals surface area contributed by atoms with Gasteiger partial charge >= 0.3 is 0 Å². The van der Waals surface area contributed by atoms with Gasteiger partial charge in [0.1, 0.15) is 17.3 Å². The maximum Gasteiger partial charge on any atom is 0.149 e. The molecule has 0 aromatic heterocycles. The van der Waals surface area contributed by atoms with E-state index in [9.17, 15) is 8.78 Å². The van der Waals surface area contributed by atoms with Crippen molar-refractivity contribution in [1.29, 1.82) is 0 Å². The Bertz CT molecular complexity index is 369. The molecule has 0 spiro atoms. The molecule has 0 saturated carbocycles. The summed E-state index contributed by atoms with van der Waals surface area (Å²) in [5.41, 5.74) is 0.203. The third-order valence-corrected chi connectivity index (χ3v) is 3.89. The van der Waals surface area contributed by atoms with Gasteiger partial charge in [-0.25, -0.2) is 8.78 Å². The summed E-state index contributed by atoms with van der Waals surface area (Å²) in [7, 11) is 0. The van der Waals surface area contributed by atoms with Crippen molar-refractivity contribution in [3.63, 3.8) is 0 Å². The van der Waals surface area contributed by atoms with Crippen molar-refractivity contribution in [2.24, 2.45) is 0 Å². The molecular weight excluding hydrogens is 208 g/mol. The zero-order valence-corrected chi connectivity index (χ0v) is 9.13. The minimum atomic E-state index is -0.418. The Morgan fingerprint density at radius 1 is 0.938 bits per heavy atom. The van der Waals surface area contributed by atoms with E-state index in [0.717, 1.165) is 25.7 Å². The van der Waals surface area contributed by atoms with Crippen molar-refractivity contribution in [1.82, 2.24) is 0 Å². The molecule has 2 aliphatic heterocycles. The van der Waals surface area contributed by atoms with E-state index < -0.39 is 11.6 Å². The molecule has 0 radical (unpaired) electrons. The van der Waals surface area contributed by atoms with Crippen molar-refractivity contribution in [3.8, 4) is 0 Å². The molecule has 2 bridgehead atoms. The standard InChI is InChI=1S/C13H15F2N/c14-11-5-2-6-12(15)13(11)16-9-3-1-4-10(16)8-7-9/h2,5-6,9-10H,1,3-4,7-8H2. The molecule has 0 amide bonds. The van der Waals surface area contributed by atoms with E-state index >= 15 is 0 Å². The third kappa shape index (κ3) is 1.41. The van der Waals surface area contributed by atoms with Gasteiger partial charge in [-0.15, -0.1) is 0 Å². The van der Waals surface area contributed by atoms with Gasteiger partial charge in [0.15, 0.2) is 0 Å². The van der Waals surface area contributed by atoms with E-state index in [-0.39, 0.29) is 5.69 Å². The Labute approximate surface area is 94.1 Å². The second-order valence-corrected chi connectivity index (χ2v) is 4.79. The van der Waals surface area contributed by atoms with Crippen LogP contribution >= 0.6 is 0 Å². The third-order valence-electron chi connectivity index (χ3n) is 3.89. The van der Waals surface area contributed by atoms with Crippen LogP contribution in [0.25, 0.3) is 0 Å². The van der Waals surface area contributed by atoms with E-state index in [1.54, 1.807) is 0 Å². The number of hydrogen-bond acceptors (Lipinski definition) is 1. The fourth-order valence-corrected chi connectivity index (χ4v) is 3.22. The van der Waals surface area contributed by atoms with Gasteiger partial charge < -0.3 is 4.90 Å². The monoisotopic (exact) mass is 223 g/mol. The van der Waals surface area contributed by atoms with Crippen LogP contribution in [0.5, 0.6) is 0 Å². The fraction of sp³-hybridized carbons (Fsp3) is 0.538. The van der Waals surface area contributed by atoms with E-state index in [2.05, 4.69) is 0 Å². The van der Waals surface area contributed by atoms with Crippen LogP contribution in [0.3, 0.4) is 0 Å². The average molecular weight is 223 g/mol. The minimum Gasteiger partial charge on any atom is -0.361 e. The number of halogens is 2. The SMILES string of the molecule is Fc1cccc(F)c1N1C2CCCC1CC2. The number of nitrogens with zero attached hydrogens (tertiary/aromatic N) is 1. The predicted molar refractivity (Wildman–Crippen MR) is 59.5 cm³/mol. The van der Waals surface area contributed by atoms with Crippen LogP contribution in [0.1, 0.15) is 32.1 Å². The zero-order valence-electron chi connectivity index (χ0n) is 9.13. The second-order valence-electron chi connectivity index (χ2n) is 4.79. The molecule has 16 heavy (non-hydrogen) atoms. The lowest BCUT2D eigenvalue weighted by Gasteiger charge is -2.37. The number of rotatable bonds is 1. The average Bonchev–Trinajstić information content (AvgIpc) is 2.51. The summed E-state index contributed by atoms with van der Waals surface area (Å²) in [4.78, 5) is 1.99. The van der Waals surface area contributed by atoms with Gasteiger partial charge in [-0.2, -0.15) is 0 Å². The largest absolute Gasteiger partial charge is 0.361 e. The molecule has 0 aliphatic carbocycles. The van der Waals surface area contributed by atoms with Crippen LogP contribution in [0.4, 0.5) is 14.5 Å². The molecular formula is C13H15F2N. The molecule has 0 N–H and O–H groups in total. The van der Waals surface area contributed by atoms with Crippen molar-refractivity contribution in [3.05, 3.63) is 29.8 Å². The predicted octanol–water partition coefficient (Wildman–Crippen LogP) is 3.49. The quantitative estimate of drug-likeness (QED) is 0.704. The highest BCUT2D eigenvalue weighted by molar-refractivity contribution is 5.52. The molecule has 2 unspecified atom stereocenters. The maximum atomic E-state index is 13.7. The number of benzene rings is 1. The fourth-order valence-electron chi connectivity index (χ4n) is 3.22. The van der Waals surface area contributed by atoms with Gasteiger partial charge in [0.25, 0.3) is 0 Å². The lowest BCUT2D eigenvalue weighted by molar-refractivity contribution is 0.449. The molecule has 1 aromatic carbocycles. The number of para-hydroxylation sites is 1. The Hall–Kier alpha value is -1.12. The highest BCUT2D eigenvalue weighted by atomic mass is 19.1. The smallest absolute Gasteiger partial charge is 0.149 e. The summed E-state index contributed by atoms with van der Waals surface area (Å²) in [6.45, 7) is 0. The summed E-state index contributed by atoms with van der Waals surface area (Å²) in [5.74, 6) is -0.836. The number of fused-ring (bicyclic) bond motifs is 2. The van der Waals surface area contributed by atoms with Crippen molar-refractivity contribution < 1.29 is 8.78 Å². The van der Waals surface area contributed by atoms with E-state index in [1.165, 1.54) is 24.6 Å². The molecule has 2 fully saturated rings. The van der Waals surface area contributed by atoms with Crippen molar-refractivity contribution >= 4 is 5.69 Å². The van der Waals surface area contributed by atoms with E-state index in [4.69, 9.17) is 0 Å². The van der Waals surface area contributed by atoms with E-state index in [0.29, 0.717) is 12.1 Å². The first-order valence-electron chi connectivity index (χ1n) is 5.99. The first-order chi connectivity index (χ1) is 7.77. The minimum absolute atomic E-state index is 0.203. The molecule has 3 rings (SSSR count). The Morgan fingerprint density at radius 3 is 2.06 bits per heavy atom. The number of anilines is 1. The van der Waals surface area contributed by atoms with Gasteiger partial charge in [0.05, 0.1) is 0 Å². The first-order valence-corrected chi connectivity index (χ1v) is 5.99. The second kappa shape index (κ2) is 3.72. The first kappa shape index (κ1) is 10.1. The molecule has 1 aromatic rings. The molecule has 2 heterocycles. The lowest BCUT2D eigenvalue weighted by Crippen LogP contribution is -2.40. The number of piperidine rings is 1. The van der Waals surface area contributed by atoms with E-state index in [1.807, 2.05) is 4.90 Å². The molecule has 1 nitrogen and oxygen atoms in total. The molecule has 2 saturated heterocycles. The van der Waals surface area contributed by atoms with Crippen molar-refractivity contribution in [2.75, 3.05) is 4.90 Å². The summed E-state index contributed by atoms with van der Waals surface area (Å²) < 4.78 is 27.5. The van der Waals surface area contributed by atoms with Crippen LogP contribution in [0.15, 0.2) is 18.2 Å². The topological polar surface area (TPSA) is 3.24 Å². The molecule has 3 heteroatoms. The Morgan fingerprint density at radius 2 is 1.50 bits per heavy atom. The van der Waals surface area contributed by atoms with Gasteiger partial charge in [0, 0.05) is 12.1 Å².